The van der Waals surface area contributed by atoms with E-state index in [1.807, 2.05) is 6.07 Å². The second-order valence-corrected chi connectivity index (χ2v) is 5.15. The van der Waals surface area contributed by atoms with Gasteiger partial charge in [0.15, 0.2) is 0 Å². The van der Waals surface area contributed by atoms with Crippen molar-refractivity contribution in [3.8, 4) is 6.07 Å². The normalized spacial score (nSPS) is 29.9. The molecule has 0 spiro atoms. The average Bonchev–Trinajstić information content (AvgIpc) is 2.38. The molecule has 1 unspecified atom stereocenters. The van der Waals surface area contributed by atoms with E-state index in [1.165, 1.54) is 0 Å². The van der Waals surface area contributed by atoms with Crippen LogP contribution in [0.15, 0.2) is 0 Å². The van der Waals surface area contributed by atoms with Crippen molar-refractivity contribution in [3.05, 3.63) is 0 Å². The summed E-state index contributed by atoms with van der Waals surface area (Å²) in [7, 11) is 0. The van der Waals surface area contributed by atoms with Crippen molar-refractivity contribution >= 4 is 5.78 Å². The molecule has 0 aromatic carbocycles. The maximum atomic E-state index is 12.0. The van der Waals surface area contributed by atoms with Crippen molar-refractivity contribution in [1.82, 2.24) is 0 Å². The lowest BCUT2D eigenvalue weighted by atomic mass is 9.66. The number of hydrogen-bond donors (Lipinski definition) is 0. The summed E-state index contributed by atoms with van der Waals surface area (Å²) in [6.45, 7) is 6.41. The summed E-state index contributed by atoms with van der Waals surface area (Å²) in [5.74, 6) is 0.279. The van der Waals surface area contributed by atoms with E-state index in [-0.39, 0.29) is 16.6 Å². The SMILES string of the molecule is CC1(C)CCCC1(C)C(=O)CCC#N. The highest BCUT2D eigenvalue weighted by Crippen LogP contribution is 2.53. The van der Waals surface area contributed by atoms with Crippen LogP contribution in [0.4, 0.5) is 0 Å². The van der Waals surface area contributed by atoms with Gasteiger partial charge in [-0.1, -0.05) is 27.2 Å². The van der Waals surface area contributed by atoms with Crippen LogP contribution >= 0.6 is 0 Å². The lowest BCUT2D eigenvalue weighted by Gasteiger charge is -2.36. The molecule has 14 heavy (non-hydrogen) atoms. The third-order valence-electron chi connectivity index (χ3n) is 4.05. The van der Waals surface area contributed by atoms with Gasteiger partial charge >= 0.3 is 0 Å². The maximum absolute atomic E-state index is 12.0. The first-order valence-electron chi connectivity index (χ1n) is 5.34. The first kappa shape index (κ1) is 11.2. The molecule has 0 aromatic heterocycles. The smallest absolute Gasteiger partial charge is 0.140 e. The zero-order chi connectivity index (χ0) is 10.8. The number of Topliss-reactive ketones (excluding diaryl/α,β-unsaturated/α-hetero) is 1. The van der Waals surface area contributed by atoms with Crippen LogP contribution in [-0.2, 0) is 4.79 Å². The van der Waals surface area contributed by atoms with Gasteiger partial charge in [-0.05, 0) is 18.3 Å². The monoisotopic (exact) mass is 193 g/mol. The van der Waals surface area contributed by atoms with Gasteiger partial charge in [-0.25, -0.2) is 0 Å². The van der Waals surface area contributed by atoms with Crippen LogP contribution in [0.5, 0.6) is 0 Å². The molecule has 0 aromatic rings. The number of ketones is 1. The molecule has 0 radical (unpaired) electrons. The quantitative estimate of drug-likeness (QED) is 0.691. The summed E-state index contributed by atoms with van der Waals surface area (Å²) < 4.78 is 0. The molecule has 1 atom stereocenters. The van der Waals surface area contributed by atoms with Gasteiger partial charge in [-0.3, -0.25) is 4.79 Å². The zero-order valence-corrected chi connectivity index (χ0v) is 9.39. The van der Waals surface area contributed by atoms with E-state index in [4.69, 9.17) is 5.26 Å². The molecule has 78 valence electrons. The van der Waals surface area contributed by atoms with Gasteiger partial charge in [0.25, 0.3) is 0 Å². The lowest BCUT2D eigenvalue weighted by Crippen LogP contribution is -2.37. The Bertz CT molecular complexity index is 275. The molecular formula is C12H19NO. The summed E-state index contributed by atoms with van der Waals surface area (Å²) in [5, 5.41) is 8.47. The largest absolute Gasteiger partial charge is 0.299 e. The fourth-order valence-electron chi connectivity index (χ4n) is 2.46. The predicted molar refractivity (Wildman–Crippen MR) is 55.6 cm³/mol. The molecule has 1 rings (SSSR count). The summed E-state index contributed by atoms with van der Waals surface area (Å²) in [6, 6.07) is 2.05. The average molecular weight is 193 g/mol. The summed E-state index contributed by atoms with van der Waals surface area (Å²) in [5.41, 5.74) is -0.0800. The minimum Gasteiger partial charge on any atom is -0.299 e. The number of carbonyl (C=O) groups excluding carboxylic acids is 1. The topological polar surface area (TPSA) is 40.9 Å². The molecule has 1 saturated carbocycles. The molecule has 0 saturated heterocycles. The number of rotatable bonds is 3. The van der Waals surface area contributed by atoms with E-state index in [1.54, 1.807) is 0 Å². The molecule has 0 aliphatic heterocycles. The first-order chi connectivity index (χ1) is 6.44. The van der Waals surface area contributed by atoms with E-state index in [0.29, 0.717) is 12.8 Å². The molecule has 0 amide bonds. The van der Waals surface area contributed by atoms with Crippen LogP contribution in [0.25, 0.3) is 0 Å². The van der Waals surface area contributed by atoms with Gasteiger partial charge in [0.2, 0.25) is 0 Å². The van der Waals surface area contributed by atoms with Crippen LogP contribution in [0.3, 0.4) is 0 Å². The van der Waals surface area contributed by atoms with Gasteiger partial charge in [-0.2, -0.15) is 5.26 Å². The van der Waals surface area contributed by atoms with Crippen molar-refractivity contribution < 1.29 is 4.79 Å². The maximum Gasteiger partial charge on any atom is 0.140 e. The van der Waals surface area contributed by atoms with Crippen molar-refractivity contribution in [2.75, 3.05) is 0 Å². The highest BCUT2D eigenvalue weighted by atomic mass is 16.1. The van der Waals surface area contributed by atoms with Crippen molar-refractivity contribution in [2.45, 2.75) is 52.9 Å². The molecule has 1 aliphatic rings. The summed E-state index contributed by atoms with van der Waals surface area (Å²) >= 11 is 0. The molecule has 2 heteroatoms. The molecule has 0 N–H and O–H groups in total. The van der Waals surface area contributed by atoms with Crippen molar-refractivity contribution in [2.24, 2.45) is 10.8 Å². The fourth-order valence-corrected chi connectivity index (χ4v) is 2.46. The van der Waals surface area contributed by atoms with Gasteiger partial charge in [0.1, 0.15) is 5.78 Å². The van der Waals surface area contributed by atoms with Crippen molar-refractivity contribution in [3.63, 3.8) is 0 Å². The highest BCUT2D eigenvalue weighted by molar-refractivity contribution is 5.85. The number of nitriles is 1. The van der Waals surface area contributed by atoms with Crippen LogP contribution in [0.2, 0.25) is 0 Å². The molecule has 1 aliphatic carbocycles. The van der Waals surface area contributed by atoms with Gasteiger partial charge in [-0.15, -0.1) is 0 Å². The van der Waals surface area contributed by atoms with Crippen LogP contribution in [0, 0.1) is 22.2 Å². The zero-order valence-electron chi connectivity index (χ0n) is 9.39. The minimum absolute atomic E-state index is 0.111. The molecule has 2 nitrogen and oxygen atoms in total. The number of carbonyl (C=O) groups is 1. The molecule has 1 fully saturated rings. The van der Waals surface area contributed by atoms with Gasteiger partial charge in [0, 0.05) is 18.3 Å². The predicted octanol–water partition coefficient (Wildman–Crippen LogP) is 3.08. The Balaban J connectivity index is 2.75. The fraction of sp³-hybridized carbons (Fsp3) is 0.833. The Morgan fingerprint density at radius 3 is 2.43 bits per heavy atom. The lowest BCUT2D eigenvalue weighted by molar-refractivity contribution is -0.132. The Kier molecular flexibility index (Phi) is 2.99. The minimum atomic E-state index is -0.191. The van der Waals surface area contributed by atoms with E-state index >= 15 is 0 Å². The molecular weight excluding hydrogens is 174 g/mol. The summed E-state index contributed by atoms with van der Waals surface area (Å²) in [6.07, 6.45) is 4.05. The van der Waals surface area contributed by atoms with Crippen LogP contribution in [0.1, 0.15) is 52.9 Å². The van der Waals surface area contributed by atoms with E-state index in [0.717, 1.165) is 19.3 Å². The van der Waals surface area contributed by atoms with Crippen LogP contribution in [-0.4, -0.2) is 5.78 Å². The Labute approximate surface area is 86.3 Å². The summed E-state index contributed by atoms with van der Waals surface area (Å²) in [4.78, 5) is 12.0. The highest BCUT2D eigenvalue weighted by Gasteiger charge is 2.49. The first-order valence-corrected chi connectivity index (χ1v) is 5.34. The third kappa shape index (κ3) is 1.68. The van der Waals surface area contributed by atoms with Crippen molar-refractivity contribution in [1.29, 1.82) is 5.26 Å². The standard InChI is InChI=1S/C12H19NO/c1-11(2)7-5-8-12(11,3)10(14)6-4-9-13/h4-8H2,1-3H3. The second kappa shape index (κ2) is 3.73. The number of hydrogen-bond acceptors (Lipinski definition) is 2. The Morgan fingerprint density at radius 2 is 2.00 bits per heavy atom. The molecule has 0 bridgehead atoms. The van der Waals surface area contributed by atoms with Gasteiger partial charge in [0.05, 0.1) is 6.07 Å². The van der Waals surface area contributed by atoms with E-state index < -0.39 is 0 Å². The second-order valence-electron chi connectivity index (χ2n) is 5.15. The van der Waals surface area contributed by atoms with E-state index in [2.05, 4.69) is 20.8 Å². The Hall–Kier alpha value is -0.840. The van der Waals surface area contributed by atoms with Gasteiger partial charge < -0.3 is 0 Å². The number of nitrogens with zero attached hydrogens (tertiary/aromatic N) is 1. The third-order valence-corrected chi connectivity index (χ3v) is 4.05. The van der Waals surface area contributed by atoms with Crippen LogP contribution < -0.4 is 0 Å². The van der Waals surface area contributed by atoms with E-state index in [9.17, 15) is 4.79 Å². The Morgan fingerprint density at radius 1 is 1.36 bits per heavy atom. The molecule has 0 heterocycles.